The molecule has 7 heteroatoms. The topological polar surface area (TPSA) is 77.8 Å². The summed E-state index contributed by atoms with van der Waals surface area (Å²) in [4.78, 5) is 28.0. The lowest BCUT2D eigenvalue weighted by Crippen LogP contribution is -2.58. The predicted octanol–water partition coefficient (Wildman–Crippen LogP) is 4.27. The molecule has 4 rings (SSSR count). The molecular formula is C31H36N4O3. The molecule has 2 atom stereocenters. The Balaban J connectivity index is 1.59. The van der Waals surface area contributed by atoms with Gasteiger partial charge in [-0.05, 0) is 29.2 Å². The number of rotatable bonds is 12. The van der Waals surface area contributed by atoms with Crippen LogP contribution in [-0.2, 0) is 36.0 Å². The molecule has 0 fully saturated rings. The molecule has 1 aromatic heterocycles. The van der Waals surface area contributed by atoms with Gasteiger partial charge in [-0.1, -0.05) is 85.8 Å². The number of aromatic nitrogens is 1. The number of para-hydroxylation sites is 1. The number of fused-ring (bicyclic) bond motifs is 1. The quantitative estimate of drug-likeness (QED) is 0.277. The van der Waals surface area contributed by atoms with Crippen molar-refractivity contribution in [1.82, 2.24) is 19.9 Å². The van der Waals surface area contributed by atoms with Gasteiger partial charge < -0.3 is 14.6 Å². The molecule has 2 N–H and O–H groups in total. The maximum Gasteiger partial charge on any atom is 0.322 e. The number of likely N-dealkylation sites (N-methyl/N-ethyl adjacent to an activating group) is 2. The molecule has 0 radical (unpaired) electrons. The van der Waals surface area contributed by atoms with Crippen molar-refractivity contribution < 1.29 is 14.7 Å². The number of aryl methyl sites for hydroxylation is 1. The van der Waals surface area contributed by atoms with E-state index < -0.39 is 18.1 Å². The van der Waals surface area contributed by atoms with E-state index in [1.807, 2.05) is 110 Å². The van der Waals surface area contributed by atoms with Crippen molar-refractivity contribution in [2.45, 2.75) is 38.4 Å². The third kappa shape index (κ3) is 6.49. The third-order valence-corrected chi connectivity index (χ3v) is 6.94. The van der Waals surface area contributed by atoms with Gasteiger partial charge in [0.05, 0.1) is 0 Å². The number of hydrogen-bond acceptors (Lipinski definition) is 4. The highest BCUT2D eigenvalue weighted by Gasteiger charge is 2.32. The fourth-order valence-electron chi connectivity index (χ4n) is 4.96. The van der Waals surface area contributed by atoms with E-state index in [1.54, 1.807) is 17.0 Å². The van der Waals surface area contributed by atoms with E-state index in [1.165, 1.54) is 0 Å². The number of amides is 1. The normalized spacial score (nSPS) is 12.9. The molecule has 4 aromatic rings. The van der Waals surface area contributed by atoms with Crippen LogP contribution in [0.4, 0.5) is 0 Å². The van der Waals surface area contributed by atoms with Crippen molar-refractivity contribution >= 4 is 22.8 Å². The molecule has 0 saturated carbocycles. The lowest BCUT2D eigenvalue weighted by Gasteiger charge is -2.35. The lowest BCUT2D eigenvalue weighted by molar-refractivity contribution is -0.145. The van der Waals surface area contributed by atoms with Gasteiger partial charge in [0, 0.05) is 50.7 Å². The SMILES string of the molecule is CCN(N[C@@H](Cc1cn(C)c2ccccc12)C(=O)O)[C@@H](Cc1ccccc1)C(=O)N(C)Cc1ccccc1. The summed E-state index contributed by atoms with van der Waals surface area (Å²) < 4.78 is 2.02. The average molecular weight is 513 g/mol. The van der Waals surface area contributed by atoms with E-state index in [4.69, 9.17) is 0 Å². The molecular weight excluding hydrogens is 476 g/mol. The first-order chi connectivity index (χ1) is 18.4. The number of carboxylic acids is 1. The molecule has 0 bridgehead atoms. The number of hydrazine groups is 1. The molecule has 3 aromatic carbocycles. The first-order valence-corrected chi connectivity index (χ1v) is 13.0. The van der Waals surface area contributed by atoms with Crippen molar-refractivity contribution in [2.75, 3.05) is 13.6 Å². The van der Waals surface area contributed by atoms with Crippen LogP contribution >= 0.6 is 0 Å². The number of nitrogens with zero attached hydrogens (tertiary/aromatic N) is 3. The molecule has 38 heavy (non-hydrogen) atoms. The molecule has 0 saturated heterocycles. The highest BCUT2D eigenvalue weighted by Crippen LogP contribution is 2.22. The Labute approximate surface area is 224 Å². The first-order valence-electron chi connectivity index (χ1n) is 13.0. The van der Waals surface area contributed by atoms with E-state index in [2.05, 4.69) is 5.43 Å². The van der Waals surface area contributed by atoms with E-state index in [0.29, 0.717) is 25.9 Å². The Kier molecular flexibility index (Phi) is 8.94. The van der Waals surface area contributed by atoms with Crippen molar-refractivity contribution in [3.63, 3.8) is 0 Å². The van der Waals surface area contributed by atoms with Crippen LogP contribution in [0.1, 0.15) is 23.6 Å². The average Bonchev–Trinajstić information content (AvgIpc) is 3.25. The molecule has 1 heterocycles. The van der Waals surface area contributed by atoms with Gasteiger partial charge in [0.25, 0.3) is 0 Å². The van der Waals surface area contributed by atoms with Gasteiger partial charge in [0.1, 0.15) is 12.1 Å². The van der Waals surface area contributed by atoms with Crippen LogP contribution in [0.3, 0.4) is 0 Å². The summed E-state index contributed by atoms with van der Waals surface area (Å²) in [6, 6.07) is 26.2. The van der Waals surface area contributed by atoms with Gasteiger partial charge in [-0.2, -0.15) is 0 Å². The summed E-state index contributed by atoms with van der Waals surface area (Å²) in [5.74, 6) is -1.03. The number of hydrogen-bond donors (Lipinski definition) is 2. The van der Waals surface area contributed by atoms with Gasteiger partial charge in [0.15, 0.2) is 0 Å². The highest BCUT2D eigenvalue weighted by molar-refractivity contribution is 5.85. The summed E-state index contributed by atoms with van der Waals surface area (Å²) in [7, 11) is 3.76. The van der Waals surface area contributed by atoms with Crippen LogP contribution in [0.2, 0.25) is 0 Å². The summed E-state index contributed by atoms with van der Waals surface area (Å²) in [5, 5.41) is 13.0. The minimum absolute atomic E-state index is 0.0682. The largest absolute Gasteiger partial charge is 0.480 e. The molecule has 1 amide bonds. The summed E-state index contributed by atoms with van der Waals surface area (Å²) in [6.07, 6.45) is 2.73. The zero-order valence-corrected chi connectivity index (χ0v) is 22.2. The number of carbonyl (C=O) groups is 2. The van der Waals surface area contributed by atoms with E-state index >= 15 is 0 Å². The fourth-order valence-corrected chi connectivity index (χ4v) is 4.96. The summed E-state index contributed by atoms with van der Waals surface area (Å²) in [5.41, 5.74) is 7.28. The Bertz CT molecular complexity index is 1350. The molecule has 7 nitrogen and oxygen atoms in total. The molecule has 0 unspecified atom stereocenters. The Morgan fingerprint density at radius 2 is 1.50 bits per heavy atom. The zero-order chi connectivity index (χ0) is 27.1. The van der Waals surface area contributed by atoms with Crippen molar-refractivity contribution in [2.24, 2.45) is 7.05 Å². The van der Waals surface area contributed by atoms with Gasteiger partial charge in [-0.15, -0.1) is 0 Å². The van der Waals surface area contributed by atoms with Gasteiger partial charge in [-0.25, -0.2) is 10.4 Å². The standard InChI is InChI=1S/C31H36N4O3/c1-4-35(32-27(31(37)38)20-25-22-33(2)28-18-12-11-17-26(25)28)29(19-23-13-7-5-8-14-23)30(36)34(3)21-24-15-9-6-10-16-24/h5-18,22,27,29,32H,4,19-21H2,1-3H3,(H,37,38)/t27-,29-/m0/s1. The van der Waals surface area contributed by atoms with Gasteiger partial charge >= 0.3 is 5.97 Å². The van der Waals surface area contributed by atoms with Crippen LogP contribution in [0.25, 0.3) is 10.9 Å². The van der Waals surface area contributed by atoms with E-state index in [-0.39, 0.29) is 5.91 Å². The fraction of sp³-hybridized carbons (Fsp3) is 0.290. The highest BCUT2D eigenvalue weighted by atomic mass is 16.4. The van der Waals surface area contributed by atoms with Crippen LogP contribution in [-0.4, -0.2) is 57.1 Å². The summed E-state index contributed by atoms with van der Waals surface area (Å²) in [6.45, 7) is 2.87. The number of carbonyl (C=O) groups excluding carboxylic acids is 1. The lowest BCUT2D eigenvalue weighted by atomic mass is 10.0. The predicted molar refractivity (Wildman–Crippen MR) is 150 cm³/mol. The molecule has 0 aliphatic rings. The Morgan fingerprint density at radius 1 is 0.895 bits per heavy atom. The monoisotopic (exact) mass is 512 g/mol. The van der Waals surface area contributed by atoms with Crippen molar-refractivity contribution in [3.8, 4) is 0 Å². The zero-order valence-electron chi connectivity index (χ0n) is 22.2. The maximum atomic E-state index is 13.8. The maximum absolute atomic E-state index is 13.8. The van der Waals surface area contributed by atoms with Crippen LogP contribution in [0.5, 0.6) is 0 Å². The number of aliphatic carboxylic acids is 1. The van der Waals surface area contributed by atoms with Crippen LogP contribution in [0.15, 0.2) is 91.1 Å². The second kappa shape index (κ2) is 12.5. The Hall–Kier alpha value is -3.94. The molecule has 0 aliphatic heterocycles. The van der Waals surface area contributed by atoms with Crippen molar-refractivity contribution in [3.05, 3.63) is 108 Å². The summed E-state index contributed by atoms with van der Waals surface area (Å²) >= 11 is 0. The third-order valence-electron chi connectivity index (χ3n) is 6.94. The van der Waals surface area contributed by atoms with Gasteiger partial charge in [0.2, 0.25) is 5.91 Å². The van der Waals surface area contributed by atoms with Crippen LogP contribution < -0.4 is 5.43 Å². The number of nitrogens with one attached hydrogen (secondary N) is 1. The minimum atomic E-state index is -0.958. The molecule has 0 spiro atoms. The Morgan fingerprint density at radius 3 is 2.13 bits per heavy atom. The van der Waals surface area contributed by atoms with Crippen molar-refractivity contribution in [1.29, 1.82) is 0 Å². The second-order valence-corrected chi connectivity index (χ2v) is 9.68. The number of carboxylic acid groups (broad SMARTS) is 1. The van der Waals surface area contributed by atoms with Gasteiger partial charge in [-0.3, -0.25) is 9.59 Å². The van der Waals surface area contributed by atoms with E-state index in [9.17, 15) is 14.7 Å². The number of benzene rings is 3. The second-order valence-electron chi connectivity index (χ2n) is 9.68. The first kappa shape index (κ1) is 27.1. The van der Waals surface area contributed by atoms with E-state index in [0.717, 1.165) is 27.6 Å². The molecule has 198 valence electrons. The van der Waals surface area contributed by atoms with Crippen LogP contribution in [0, 0.1) is 0 Å². The smallest absolute Gasteiger partial charge is 0.322 e. The molecule has 0 aliphatic carbocycles. The minimum Gasteiger partial charge on any atom is -0.480 e.